The Morgan fingerprint density at radius 3 is 2.86 bits per heavy atom. The van der Waals surface area contributed by atoms with Crippen LogP contribution < -0.4 is 11.1 Å². The molecule has 8 nitrogen and oxygen atoms in total. The summed E-state index contributed by atoms with van der Waals surface area (Å²) in [4.78, 5) is 32.5. The molecule has 154 valence electrons. The van der Waals surface area contributed by atoms with Crippen LogP contribution in [0.1, 0.15) is 54.7 Å². The van der Waals surface area contributed by atoms with E-state index < -0.39 is 24.0 Å². The Morgan fingerprint density at radius 1 is 1.34 bits per heavy atom. The fourth-order valence-electron chi connectivity index (χ4n) is 2.96. The van der Waals surface area contributed by atoms with Gasteiger partial charge in [0.05, 0.1) is 12.6 Å². The molecule has 0 bridgehead atoms. The molecule has 3 aromatic rings. The molecule has 0 fully saturated rings. The SMILES string of the molecule is CCCCOC(=O)C(Cc1c[nH]c2ccccc12)NC(=O)c1coc(C(C)N)n1. The summed E-state index contributed by atoms with van der Waals surface area (Å²) >= 11 is 0. The summed E-state index contributed by atoms with van der Waals surface area (Å²) in [5.74, 6) is -0.736. The quantitative estimate of drug-likeness (QED) is 0.376. The number of esters is 1. The van der Waals surface area contributed by atoms with Crippen molar-refractivity contribution in [3.63, 3.8) is 0 Å². The Balaban J connectivity index is 1.78. The van der Waals surface area contributed by atoms with Gasteiger partial charge >= 0.3 is 5.97 Å². The molecule has 0 aliphatic rings. The summed E-state index contributed by atoms with van der Waals surface area (Å²) < 4.78 is 10.6. The highest BCUT2D eigenvalue weighted by atomic mass is 16.5. The maximum atomic E-state index is 12.6. The standard InChI is InChI=1S/C21H26N4O4/c1-3-4-9-28-21(27)17(10-14-11-23-16-8-6-5-7-15(14)16)24-19(26)18-12-29-20(25-18)13(2)22/h5-8,11-13,17,23H,3-4,9-10,22H2,1-2H3,(H,24,26). The smallest absolute Gasteiger partial charge is 0.328 e. The third kappa shape index (κ3) is 5.03. The van der Waals surface area contributed by atoms with Crippen molar-refractivity contribution < 1.29 is 18.7 Å². The molecule has 2 unspecified atom stereocenters. The number of aromatic amines is 1. The molecule has 0 radical (unpaired) electrons. The number of hydrogen-bond donors (Lipinski definition) is 3. The summed E-state index contributed by atoms with van der Waals surface area (Å²) in [7, 11) is 0. The molecule has 1 amide bonds. The van der Waals surface area contributed by atoms with Crippen LogP contribution in [-0.2, 0) is 16.0 Å². The van der Waals surface area contributed by atoms with E-state index in [0.29, 0.717) is 13.0 Å². The van der Waals surface area contributed by atoms with Gasteiger partial charge in [-0.3, -0.25) is 4.79 Å². The number of nitrogens with two attached hydrogens (primary N) is 1. The third-order valence-electron chi connectivity index (χ3n) is 4.58. The van der Waals surface area contributed by atoms with Crippen molar-refractivity contribution in [3.8, 4) is 0 Å². The molecule has 2 heterocycles. The minimum Gasteiger partial charge on any atom is -0.464 e. The number of hydrogen-bond acceptors (Lipinski definition) is 6. The first-order valence-corrected chi connectivity index (χ1v) is 9.73. The van der Waals surface area contributed by atoms with Crippen LogP contribution in [-0.4, -0.2) is 34.5 Å². The number of unbranched alkanes of at least 4 members (excludes halogenated alkanes) is 1. The lowest BCUT2D eigenvalue weighted by atomic mass is 10.0. The minimum atomic E-state index is -0.853. The molecule has 4 N–H and O–H groups in total. The number of nitrogens with zero attached hydrogens (tertiary/aromatic N) is 1. The first-order chi connectivity index (χ1) is 14.0. The second kappa shape index (κ2) is 9.38. The van der Waals surface area contributed by atoms with Crippen LogP contribution in [0.15, 0.2) is 41.1 Å². The zero-order valence-corrected chi connectivity index (χ0v) is 16.6. The lowest BCUT2D eigenvalue weighted by molar-refractivity contribution is -0.146. The Morgan fingerprint density at radius 2 is 2.14 bits per heavy atom. The van der Waals surface area contributed by atoms with Crippen LogP contribution >= 0.6 is 0 Å². The van der Waals surface area contributed by atoms with Crippen molar-refractivity contribution in [3.05, 3.63) is 53.9 Å². The molecular weight excluding hydrogens is 372 g/mol. The molecule has 0 saturated carbocycles. The lowest BCUT2D eigenvalue weighted by Gasteiger charge is -2.17. The highest BCUT2D eigenvalue weighted by Gasteiger charge is 2.26. The number of H-pyrrole nitrogens is 1. The molecule has 3 rings (SSSR count). The summed E-state index contributed by atoms with van der Waals surface area (Å²) in [5, 5.41) is 3.72. The molecule has 0 aliphatic carbocycles. The molecule has 2 atom stereocenters. The van der Waals surface area contributed by atoms with Gasteiger partial charge in [0, 0.05) is 23.5 Å². The first-order valence-electron chi connectivity index (χ1n) is 9.73. The van der Waals surface area contributed by atoms with E-state index in [1.54, 1.807) is 6.92 Å². The van der Waals surface area contributed by atoms with Gasteiger partial charge in [-0.1, -0.05) is 31.5 Å². The van der Waals surface area contributed by atoms with E-state index in [0.717, 1.165) is 29.3 Å². The van der Waals surface area contributed by atoms with Gasteiger partial charge in [-0.05, 0) is 25.0 Å². The van der Waals surface area contributed by atoms with E-state index in [4.69, 9.17) is 14.9 Å². The monoisotopic (exact) mass is 398 g/mol. The van der Waals surface area contributed by atoms with E-state index in [1.807, 2.05) is 37.4 Å². The van der Waals surface area contributed by atoms with Crippen molar-refractivity contribution in [1.82, 2.24) is 15.3 Å². The molecule has 29 heavy (non-hydrogen) atoms. The Labute approximate surface area is 168 Å². The maximum absolute atomic E-state index is 12.6. The molecule has 1 aromatic carbocycles. The fourth-order valence-corrected chi connectivity index (χ4v) is 2.96. The number of rotatable bonds is 9. The number of nitrogens with one attached hydrogen (secondary N) is 2. The van der Waals surface area contributed by atoms with Gasteiger partial charge < -0.3 is 25.2 Å². The van der Waals surface area contributed by atoms with Crippen LogP contribution in [0.3, 0.4) is 0 Å². The largest absolute Gasteiger partial charge is 0.464 e. The van der Waals surface area contributed by atoms with Gasteiger partial charge in [0.2, 0.25) is 5.89 Å². The van der Waals surface area contributed by atoms with Gasteiger partial charge in [-0.15, -0.1) is 0 Å². The van der Waals surface area contributed by atoms with E-state index in [-0.39, 0.29) is 11.6 Å². The summed E-state index contributed by atoms with van der Waals surface area (Å²) in [6.45, 7) is 4.03. The zero-order valence-electron chi connectivity index (χ0n) is 16.6. The molecule has 8 heteroatoms. The number of carbonyl (C=O) groups excluding carboxylic acids is 2. The van der Waals surface area contributed by atoms with Gasteiger partial charge in [-0.25, -0.2) is 9.78 Å². The third-order valence-corrected chi connectivity index (χ3v) is 4.58. The Bertz CT molecular complexity index is 976. The number of para-hydroxylation sites is 1. The van der Waals surface area contributed by atoms with Gasteiger partial charge in [-0.2, -0.15) is 0 Å². The number of aromatic nitrogens is 2. The van der Waals surface area contributed by atoms with Crippen LogP contribution in [0.25, 0.3) is 10.9 Å². The highest BCUT2D eigenvalue weighted by molar-refractivity contribution is 5.95. The Hall–Kier alpha value is -3.13. The number of ether oxygens (including phenoxy) is 1. The van der Waals surface area contributed by atoms with Crippen molar-refractivity contribution >= 4 is 22.8 Å². The van der Waals surface area contributed by atoms with Gasteiger partial charge in [0.1, 0.15) is 12.3 Å². The number of benzene rings is 1. The summed E-state index contributed by atoms with van der Waals surface area (Å²) in [6, 6.07) is 6.50. The zero-order chi connectivity index (χ0) is 20.8. The summed E-state index contributed by atoms with van der Waals surface area (Å²) in [6.07, 6.45) is 5.04. The molecular formula is C21H26N4O4. The topological polar surface area (TPSA) is 123 Å². The van der Waals surface area contributed by atoms with Crippen LogP contribution in [0.4, 0.5) is 0 Å². The fraction of sp³-hybridized carbons (Fsp3) is 0.381. The molecule has 0 saturated heterocycles. The average molecular weight is 398 g/mol. The van der Waals surface area contributed by atoms with Crippen LogP contribution in [0, 0.1) is 0 Å². The molecule has 0 spiro atoms. The van der Waals surface area contributed by atoms with Gasteiger partial charge in [0.15, 0.2) is 5.69 Å². The second-order valence-electron chi connectivity index (χ2n) is 6.97. The van der Waals surface area contributed by atoms with E-state index in [2.05, 4.69) is 15.3 Å². The lowest BCUT2D eigenvalue weighted by Crippen LogP contribution is -2.43. The average Bonchev–Trinajstić information content (AvgIpc) is 3.35. The molecule has 2 aromatic heterocycles. The maximum Gasteiger partial charge on any atom is 0.328 e. The second-order valence-corrected chi connectivity index (χ2v) is 6.97. The van der Waals surface area contributed by atoms with Crippen molar-refractivity contribution in [2.45, 2.75) is 45.2 Å². The number of fused-ring (bicyclic) bond motifs is 1. The van der Waals surface area contributed by atoms with Crippen molar-refractivity contribution in [2.24, 2.45) is 5.73 Å². The first kappa shape index (κ1) is 20.6. The van der Waals surface area contributed by atoms with Crippen molar-refractivity contribution in [2.75, 3.05) is 6.61 Å². The van der Waals surface area contributed by atoms with E-state index >= 15 is 0 Å². The minimum absolute atomic E-state index is 0.0718. The number of amides is 1. The predicted octanol–water partition coefficient (Wildman–Crippen LogP) is 2.86. The summed E-state index contributed by atoms with van der Waals surface area (Å²) in [5.41, 5.74) is 7.67. The number of oxazole rings is 1. The van der Waals surface area contributed by atoms with Gasteiger partial charge in [0.25, 0.3) is 5.91 Å². The van der Waals surface area contributed by atoms with Crippen LogP contribution in [0.5, 0.6) is 0 Å². The highest BCUT2D eigenvalue weighted by Crippen LogP contribution is 2.20. The van der Waals surface area contributed by atoms with E-state index in [9.17, 15) is 9.59 Å². The van der Waals surface area contributed by atoms with Crippen LogP contribution in [0.2, 0.25) is 0 Å². The van der Waals surface area contributed by atoms with E-state index in [1.165, 1.54) is 6.26 Å². The number of carbonyl (C=O) groups is 2. The molecule has 0 aliphatic heterocycles. The van der Waals surface area contributed by atoms with Crippen molar-refractivity contribution in [1.29, 1.82) is 0 Å². The predicted molar refractivity (Wildman–Crippen MR) is 108 cm³/mol. The Kier molecular flexibility index (Phi) is 6.66. The normalized spacial score (nSPS) is 13.2.